The Bertz CT molecular complexity index is 692. The monoisotopic (exact) mass is 364 g/mol. The number of benzene rings is 2. The number of methoxy groups -OCH3 is 1. The molecule has 24 heavy (non-hydrogen) atoms. The third-order valence-corrected chi connectivity index (χ3v) is 4.50. The molecule has 0 aliphatic heterocycles. The first-order chi connectivity index (χ1) is 11.5. The van der Waals surface area contributed by atoms with Gasteiger partial charge in [0.05, 0.1) is 18.7 Å². The lowest BCUT2D eigenvalue weighted by Gasteiger charge is -2.17. The molecule has 2 rings (SSSR count). The summed E-state index contributed by atoms with van der Waals surface area (Å²) in [6, 6.07) is 13.5. The Labute approximate surface area is 152 Å². The molecule has 0 unspecified atom stereocenters. The second-order valence-corrected chi connectivity index (χ2v) is 6.70. The predicted octanol–water partition coefficient (Wildman–Crippen LogP) is 4.14. The molecule has 128 valence electrons. The maximum Gasteiger partial charge on any atom is 0.238 e. The summed E-state index contributed by atoms with van der Waals surface area (Å²) in [5, 5.41) is 3.31. The zero-order valence-corrected chi connectivity index (χ0v) is 15.6. The molecule has 0 aliphatic rings. The first-order valence-corrected chi connectivity index (χ1v) is 9.07. The Kier molecular flexibility index (Phi) is 6.97. The fraction of sp³-hybridized carbons (Fsp3) is 0.278. The van der Waals surface area contributed by atoms with Crippen molar-refractivity contribution in [3.05, 3.63) is 53.1 Å². The molecule has 0 bridgehead atoms. The van der Waals surface area contributed by atoms with Crippen LogP contribution in [0.4, 0.5) is 5.69 Å². The summed E-state index contributed by atoms with van der Waals surface area (Å²) >= 11 is 7.78. The summed E-state index contributed by atoms with van der Waals surface area (Å²) < 4.78 is 5.10. The van der Waals surface area contributed by atoms with Gasteiger partial charge in [0.25, 0.3) is 0 Å². The van der Waals surface area contributed by atoms with E-state index in [9.17, 15) is 4.79 Å². The molecule has 0 atom stereocenters. The van der Waals surface area contributed by atoms with E-state index in [0.717, 1.165) is 0 Å². The van der Waals surface area contributed by atoms with Crippen LogP contribution in [0.3, 0.4) is 0 Å². The quantitative estimate of drug-likeness (QED) is 0.750. The summed E-state index contributed by atoms with van der Waals surface area (Å²) in [5.74, 6) is 0.500. The number of hydrogen-bond acceptors (Lipinski definition) is 4. The fourth-order valence-electron chi connectivity index (χ4n) is 2.29. The summed E-state index contributed by atoms with van der Waals surface area (Å²) in [5.41, 5.74) is 1.83. The Hall–Kier alpha value is -1.69. The van der Waals surface area contributed by atoms with Gasteiger partial charge in [0, 0.05) is 17.1 Å². The van der Waals surface area contributed by atoms with Gasteiger partial charge < -0.3 is 10.1 Å². The van der Waals surface area contributed by atoms with Crippen molar-refractivity contribution in [1.82, 2.24) is 4.90 Å². The van der Waals surface area contributed by atoms with E-state index in [1.807, 2.05) is 11.9 Å². The number of rotatable bonds is 7. The third-order valence-electron chi connectivity index (χ3n) is 3.46. The largest absolute Gasteiger partial charge is 0.495 e. The number of thioether (sulfide) groups is 1. The number of anilines is 1. The van der Waals surface area contributed by atoms with Crippen LogP contribution in [-0.2, 0) is 11.3 Å². The van der Waals surface area contributed by atoms with Gasteiger partial charge in [-0.05, 0) is 49.2 Å². The van der Waals surface area contributed by atoms with Gasteiger partial charge in [-0.25, -0.2) is 0 Å². The maximum atomic E-state index is 12.1. The first kappa shape index (κ1) is 18.6. The van der Waals surface area contributed by atoms with Crippen molar-refractivity contribution in [2.24, 2.45) is 0 Å². The van der Waals surface area contributed by atoms with Crippen LogP contribution in [0.25, 0.3) is 0 Å². The zero-order valence-electron chi connectivity index (χ0n) is 14.0. The van der Waals surface area contributed by atoms with Crippen molar-refractivity contribution in [3.8, 4) is 5.75 Å². The smallest absolute Gasteiger partial charge is 0.238 e. The minimum atomic E-state index is -0.0838. The van der Waals surface area contributed by atoms with Gasteiger partial charge in [-0.2, -0.15) is 0 Å². The number of amides is 1. The molecule has 0 saturated heterocycles. The lowest BCUT2D eigenvalue weighted by Crippen LogP contribution is -2.29. The minimum Gasteiger partial charge on any atom is -0.495 e. The number of ether oxygens (including phenoxy) is 1. The highest BCUT2D eigenvalue weighted by atomic mass is 35.5. The second-order valence-electron chi connectivity index (χ2n) is 5.42. The second kappa shape index (κ2) is 8.97. The SMILES string of the molecule is COc1ccc(NC(=O)CN(C)Cc2ccc(SC)cc2)cc1Cl. The number of hydrogen-bond donors (Lipinski definition) is 1. The lowest BCUT2D eigenvalue weighted by atomic mass is 10.2. The third kappa shape index (κ3) is 5.44. The molecule has 0 heterocycles. The van der Waals surface area contributed by atoms with Crippen LogP contribution >= 0.6 is 23.4 Å². The Morgan fingerprint density at radius 1 is 1.25 bits per heavy atom. The molecule has 0 aliphatic carbocycles. The highest BCUT2D eigenvalue weighted by Crippen LogP contribution is 2.27. The Morgan fingerprint density at radius 2 is 1.96 bits per heavy atom. The van der Waals surface area contributed by atoms with Crippen molar-refractivity contribution in [2.45, 2.75) is 11.4 Å². The van der Waals surface area contributed by atoms with E-state index in [1.165, 1.54) is 10.5 Å². The van der Waals surface area contributed by atoms with Crippen molar-refractivity contribution in [3.63, 3.8) is 0 Å². The average molecular weight is 365 g/mol. The van der Waals surface area contributed by atoms with Gasteiger partial charge in [-0.15, -0.1) is 11.8 Å². The van der Waals surface area contributed by atoms with Gasteiger partial charge in [-0.3, -0.25) is 9.69 Å². The topological polar surface area (TPSA) is 41.6 Å². The number of likely N-dealkylation sites (N-methyl/N-ethyl adjacent to an activating group) is 1. The van der Waals surface area contributed by atoms with Crippen molar-refractivity contribution in [1.29, 1.82) is 0 Å². The number of nitrogens with one attached hydrogen (secondary N) is 1. The van der Waals surface area contributed by atoms with E-state index in [4.69, 9.17) is 16.3 Å². The molecule has 4 nitrogen and oxygen atoms in total. The van der Waals surface area contributed by atoms with Crippen LogP contribution in [0.1, 0.15) is 5.56 Å². The molecular weight excluding hydrogens is 344 g/mol. The number of halogens is 1. The van der Waals surface area contributed by atoms with Crippen LogP contribution in [0.15, 0.2) is 47.4 Å². The summed E-state index contributed by atoms with van der Waals surface area (Å²) in [6.45, 7) is 1.01. The van der Waals surface area contributed by atoms with Gasteiger partial charge in [-0.1, -0.05) is 23.7 Å². The Balaban J connectivity index is 1.87. The van der Waals surface area contributed by atoms with E-state index < -0.39 is 0 Å². The average Bonchev–Trinajstić information content (AvgIpc) is 2.55. The van der Waals surface area contributed by atoms with Crippen molar-refractivity contribution < 1.29 is 9.53 Å². The molecule has 6 heteroatoms. The molecule has 0 fully saturated rings. The summed E-state index contributed by atoms with van der Waals surface area (Å²) in [6.07, 6.45) is 2.05. The van der Waals surface area contributed by atoms with Crippen LogP contribution < -0.4 is 10.1 Å². The highest BCUT2D eigenvalue weighted by molar-refractivity contribution is 7.98. The van der Waals surface area contributed by atoms with Gasteiger partial charge in [0.2, 0.25) is 5.91 Å². The molecule has 2 aromatic rings. The van der Waals surface area contributed by atoms with Gasteiger partial charge in [0.1, 0.15) is 5.75 Å². The van der Waals surface area contributed by atoms with Crippen LogP contribution in [0.2, 0.25) is 5.02 Å². The van der Waals surface area contributed by atoms with E-state index in [0.29, 0.717) is 29.5 Å². The molecule has 1 amide bonds. The fourth-order valence-corrected chi connectivity index (χ4v) is 2.95. The standard InChI is InChI=1S/C18H21ClN2O2S/c1-21(11-13-4-7-15(24-3)8-5-13)12-18(22)20-14-6-9-17(23-2)16(19)10-14/h4-10H,11-12H2,1-3H3,(H,20,22). The van der Waals surface area contributed by atoms with E-state index >= 15 is 0 Å². The molecule has 0 spiro atoms. The number of nitrogens with zero attached hydrogens (tertiary/aromatic N) is 1. The molecule has 1 N–H and O–H groups in total. The summed E-state index contributed by atoms with van der Waals surface area (Å²) in [4.78, 5) is 15.3. The Morgan fingerprint density at radius 3 is 2.54 bits per heavy atom. The minimum absolute atomic E-state index is 0.0838. The van der Waals surface area contributed by atoms with Gasteiger partial charge in [0.15, 0.2) is 0 Å². The van der Waals surface area contributed by atoms with Gasteiger partial charge >= 0.3 is 0 Å². The first-order valence-electron chi connectivity index (χ1n) is 7.46. The molecular formula is C18H21ClN2O2S. The molecule has 0 radical (unpaired) electrons. The number of carbonyl (C=O) groups is 1. The molecule has 0 saturated carbocycles. The lowest BCUT2D eigenvalue weighted by molar-refractivity contribution is -0.117. The van der Waals surface area contributed by atoms with E-state index in [2.05, 4.69) is 35.8 Å². The van der Waals surface area contributed by atoms with E-state index in [1.54, 1.807) is 37.1 Å². The van der Waals surface area contributed by atoms with Crippen LogP contribution in [0, 0.1) is 0 Å². The molecule has 2 aromatic carbocycles. The molecule has 0 aromatic heterocycles. The van der Waals surface area contributed by atoms with E-state index in [-0.39, 0.29) is 5.91 Å². The van der Waals surface area contributed by atoms with Crippen LogP contribution in [0.5, 0.6) is 5.75 Å². The number of carbonyl (C=O) groups excluding carboxylic acids is 1. The summed E-state index contributed by atoms with van der Waals surface area (Å²) in [7, 11) is 3.48. The van der Waals surface area contributed by atoms with Crippen molar-refractivity contribution >= 4 is 35.0 Å². The van der Waals surface area contributed by atoms with Crippen molar-refractivity contribution in [2.75, 3.05) is 32.3 Å². The maximum absolute atomic E-state index is 12.1. The highest BCUT2D eigenvalue weighted by Gasteiger charge is 2.09. The van der Waals surface area contributed by atoms with Crippen LogP contribution in [-0.4, -0.2) is 37.8 Å². The predicted molar refractivity (Wildman–Crippen MR) is 101 cm³/mol. The zero-order chi connectivity index (χ0) is 17.5. The normalized spacial score (nSPS) is 10.7.